The number of aromatic carboxylic acids is 2. The molecule has 0 radical (unpaired) electrons. The molecule has 0 aliphatic carbocycles. The molecule has 0 aliphatic rings. The molecule has 0 amide bonds. The van der Waals surface area contributed by atoms with Crippen LogP contribution in [0.3, 0.4) is 0 Å². The van der Waals surface area contributed by atoms with Gasteiger partial charge in [0.05, 0.1) is 0 Å². The summed E-state index contributed by atoms with van der Waals surface area (Å²) in [4.78, 5) is 37.3. The largest absolute Gasteiger partial charge is 0.478 e. The quantitative estimate of drug-likeness (QED) is 0.484. The Balaban J connectivity index is 2.83. The summed E-state index contributed by atoms with van der Waals surface area (Å²) < 4.78 is 0. The molecule has 0 unspecified atom stereocenters. The number of hydrogen-bond acceptors (Lipinski definition) is 4. The average Bonchev–Trinajstić information content (AvgIpc) is 2.51. The highest BCUT2D eigenvalue weighted by molar-refractivity contribution is 6.83. The number of carbonyl (C=O) groups is 2. The number of nitrogen functional groups attached to an aromatic ring is 1. The van der Waals surface area contributed by atoms with Crippen LogP contribution in [0.5, 0.6) is 0 Å². The highest BCUT2D eigenvalue weighted by atomic mass is 28.3. The number of hydrogen-bond donors (Lipinski definition) is 4. The van der Waals surface area contributed by atoms with Crippen LogP contribution >= 0.6 is 0 Å². The molecular weight excluding hydrogens is 352 g/mol. The van der Waals surface area contributed by atoms with E-state index in [9.17, 15) is 24.6 Å². The fraction of sp³-hybridized carbons (Fsp3) is 0.167. The zero-order valence-corrected chi connectivity index (χ0v) is 15.5. The SMILES string of the molecule is C[Si](C)(C)C#Cc1cccc(-c2c(C(=O)O)c(N)[nH]c(=O)c2C(=O)O)c1. The van der Waals surface area contributed by atoms with Crippen molar-refractivity contribution in [2.24, 2.45) is 0 Å². The topological polar surface area (TPSA) is 133 Å². The average molecular weight is 370 g/mol. The van der Waals surface area contributed by atoms with E-state index in [0.29, 0.717) is 5.56 Å². The lowest BCUT2D eigenvalue weighted by Crippen LogP contribution is -2.24. The lowest BCUT2D eigenvalue weighted by molar-refractivity contribution is 0.0695. The van der Waals surface area contributed by atoms with Crippen molar-refractivity contribution in [1.82, 2.24) is 4.98 Å². The Hall–Kier alpha value is -3.31. The third kappa shape index (κ3) is 4.02. The number of aromatic nitrogens is 1. The molecule has 0 saturated carbocycles. The molecule has 134 valence electrons. The number of rotatable bonds is 3. The molecule has 1 aromatic carbocycles. The van der Waals surface area contributed by atoms with Crippen LogP contribution in [-0.2, 0) is 0 Å². The first-order valence-electron chi connectivity index (χ1n) is 7.67. The molecule has 1 aromatic heterocycles. The van der Waals surface area contributed by atoms with Gasteiger partial charge in [-0.3, -0.25) is 4.79 Å². The number of benzene rings is 1. The van der Waals surface area contributed by atoms with Gasteiger partial charge in [0.15, 0.2) is 0 Å². The second-order valence-electron chi connectivity index (χ2n) is 6.68. The molecule has 26 heavy (non-hydrogen) atoms. The predicted octanol–water partition coefficient (Wildman–Crippen LogP) is 2.25. The van der Waals surface area contributed by atoms with Crippen molar-refractivity contribution in [2.75, 3.05) is 5.73 Å². The molecule has 0 bridgehead atoms. The van der Waals surface area contributed by atoms with Crippen molar-refractivity contribution in [2.45, 2.75) is 19.6 Å². The summed E-state index contributed by atoms with van der Waals surface area (Å²) in [6, 6.07) is 6.43. The van der Waals surface area contributed by atoms with Gasteiger partial charge in [-0.2, -0.15) is 0 Å². The Morgan fingerprint density at radius 3 is 2.27 bits per heavy atom. The number of nitrogens with one attached hydrogen (secondary N) is 1. The van der Waals surface area contributed by atoms with Crippen molar-refractivity contribution in [3.8, 4) is 22.6 Å². The second-order valence-corrected chi connectivity index (χ2v) is 11.4. The minimum Gasteiger partial charge on any atom is -0.478 e. The van der Waals surface area contributed by atoms with Crippen molar-refractivity contribution >= 4 is 25.8 Å². The minimum absolute atomic E-state index is 0.233. The van der Waals surface area contributed by atoms with Gasteiger partial charge in [0.1, 0.15) is 25.0 Å². The molecule has 0 saturated heterocycles. The molecule has 2 aromatic rings. The van der Waals surface area contributed by atoms with Crippen LogP contribution in [0.25, 0.3) is 11.1 Å². The molecule has 5 N–H and O–H groups in total. The van der Waals surface area contributed by atoms with Gasteiger partial charge >= 0.3 is 11.9 Å². The van der Waals surface area contributed by atoms with E-state index in [1.54, 1.807) is 18.2 Å². The third-order valence-corrected chi connectivity index (χ3v) is 4.28. The van der Waals surface area contributed by atoms with Gasteiger partial charge in [0.25, 0.3) is 5.56 Å². The molecule has 2 rings (SSSR count). The Morgan fingerprint density at radius 1 is 1.12 bits per heavy atom. The van der Waals surface area contributed by atoms with Crippen LogP contribution in [-0.4, -0.2) is 35.2 Å². The summed E-state index contributed by atoms with van der Waals surface area (Å²) in [5.41, 5.74) is 7.32. The Bertz CT molecular complexity index is 1020. The number of pyridine rings is 1. The Kier molecular flexibility index (Phi) is 5.04. The van der Waals surface area contributed by atoms with E-state index in [-0.39, 0.29) is 11.1 Å². The molecule has 8 heteroatoms. The van der Waals surface area contributed by atoms with E-state index in [1.807, 2.05) is 0 Å². The van der Waals surface area contributed by atoms with Gasteiger partial charge in [0.2, 0.25) is 0 Å². The van der Waals surface area contributed by atoms with Gasteiger partial charge in [-0.15, -0.1) is 5.54 Å². The van der Waals surface area contributed by atoms with Crippen LogP contribution in [0, 0.1) is 11.5 Å². The van der Waals surface area contributed by atoms with Gasteiger partial charge in [0, 0.05) is 11.1 Å². The summed E-state index contributed by atoms with van der Waals surface area (Å²) >= 11 is 0. The Morgan fingerprint density at radius 2 is 1.73 bits per heavy atom. The van der Waals surface area contributed by atoms with Gasteiger partial charge in [-0.1, -0.05) is 37.7 Å². The third-order valence-electron chi connectivity index (χ3n) is 3.41. The van der Waals surface area contributed by atoms with Crippen LogP contribution in [0.2, 0.25) is 19.6 Å². The minimum atomic E-state index is -1.64. The first-order chi connectivity index (χ1) is 12.0. The van der Waals surface area contributed by atoms with E-state index in [2.05, 4.69) is 36.1 Å². The summed E-state index contributed by atoms with van der Waals surface area (Å²) in [6.45, 7) is 6.23. The first-order valence-corrected chi connectivity index (χ1v) is 11.2. The standard InChI is InChI=1S/C18H18N2O5Si/c1-26(2,3)8-7-10-5-4-6-11(9-10)12-13(17(22)23)15(19)20-16(21)14(12)18(24)25/h4-6,9H,1-3H3,(H,22,23)(H,24,25)(H3,19,20,21). The van der Waals surface area contributed by atoms with Crippen molar-refractivity contribution in [1.29, 1.82) is 0 Å². The van der Waals surface area contributed by atoms with E-state index in [0.717, 1.165) is 0 Å². The number of carboxylic acids is 2. The van der Waals surface area contributed by atoms with E-state index < -0.39 is 42.5 Å². The van der Waals surface area contributed by atoms with Gasteiger partial charge in [-0.05, 0) is 17.7 Å². The maximum atomic E-state index is 12.1. The monoisotopic (exact) mass is 370 g/mol. The first kappa shape index (κ1) is 19.0. The summed E-state index contributed by atoms with van der Waals surface area (Å²) in [5, 5.41) is 18.9. The van der Waals surface area contributed by atoms with Crippen molar-refractivity contribution < 1.29 is 19.8 Å². The highest BCUT2D eigenvalue weighted by Gasteiger charge is 2.26. The van der Waals surface area contributed by atoms with Crippen LogP contribution in [0.4, 0.5) is 5.82 Å². The second kappa shape index (κ2) is 6.90. The summed E-state index contributed by atoms with van der Waals surface area (Å²) in [6.07, 6.45) is 0. The van der Waals surface area contributed by atoms with Crippen LogP contribution < -0.4 is 11.3 Å². The molecule has 0 fully saturated rings. The van der Waals surface area contributed by atoms with E-state index >= 15 is 0 Å². The fourth-order valence-electron chi connectivity index (χ4n) is 2.35. The smallest absolute Gasteiger partial charge is 0.342 e. The number of anilines is 1. The van der Waals surface area contributed by atoms with E-state index in [1.165, 1.54) is 6.07 Å². The normalized spacial score (nSPS) is 10.7. The van der Waals surface area contributed by atoms with Crippen LogP contribution in [0.15, 0.2) is 29.1 Å². The summed E-state index contributed by atoms with van der Waals surface area (Å²) in [7, 11) is -1.64. The molecule has 1 heterocycles. The molecular formula is C18H18N2O5Si. The van der Waals surface area contributed by atoms with Gasteiger partial charge < -0.3 is 20.9 Å². The van der Waals surface area contributed by atoms with Crippen LogP contribution in [0.1, 0.15) is 26.3 Å². The number of nitrogens with two attached hydrogens (primary N) is 1. The fourth-order valence-corrected chi connectivity index (χ4v) is 2.87. The number of carboxylic acid groups (broad SMARTS) is 2. The predicted molar refractivity (Wildman–Crippen MR) is 101 cm³/mol. The number of aromatic amines is 1. The maximum Gasteiger partial charge on any atom is 0.342 e. The Labute approximate surface area is 150 Å². The molecule has 0 aliphatic heterocycles. The molecule has 0 atom stereocenters. The zero-order valence-electron chi connectivity index (χ0n) is 14.5. The maximum absolute atomic E-state index is 12.1. The van der Waals surface area contributed by atoms with Crippen molar-refractivity contribution in [3.63, 3.8) is 0 Å². The molecule has 7 nitrogen and oxygen atoms in total. The highest BCUT2D eigenvalue weighted by Crippen LogP contribution is 2.29. The molecule has 0 spiro atoms. The van der Waals surface area contributed by atoms with Crippen molar-refractivity contribution in [3.05, 3.63) is 51.3 Å². The van der Waals surface area contributed by atoms with E-state index in [4.69, 9.17) is 5.73 Å². The zero-order chi connectivity index (χ0) is 19.6. The number of H-pyrrole nitrogens is 1. The summed E-state index contributed by atoms with van der Waals surface area (Å²) in [5.74, 6) is -0.356. The lowest BCUT2D eigenvalue weighted by Gasteiger charge is -2.12. The van der Waals surface area contributed by atoms with Gasteiger partial charge in [-0.25, -0.2) is 9.59 Å². The lowest BCUT2D eigenvalue weighted by atomic mass is 9.94.